The zero-order valence-corrected chi connectivity index (χ0v) is 14.0. The van der Waals surface area contributed by atoms with Crippen molar-refractivity contribution in [2.24, 2.45) is 0 Å². The molecule has 0 bridgehead atoms. The normalized spacial score (nSPS) is 10.3. The number of nitrogens with one attached hydrogen (secondary N) is 1. The maximum absolute atomic E-state index is 12.7. The molecule has 0 aliphatic rings. The zero-order chi connectivity index (χ0) is 17.6. The number of carbonyl (C=O) groups excluding carboxylic acids is 1. The number of amides is 1. The molecule has 3 aromatic rings. The fourth-order valence-electron chi connectivity index (χ4n) is 2.39. The van der Waals surface area contributed by atoms with Gasteiger partial charge in [-0.3, -0.25) is 4.79 Å². The number of carbonyl (C=O) groups is 1. The molecule has 1 N–H and O–H groups in total. The van der Waals surface area contributed by atoms with E-state index < -0.39 is 0 Å². The molecule has 2 aromatic carbocycles. The summed E-state index contributed by atoms with van der Waals surface area (Å²) in [5.41, 5.74) is 1.68. The topological polar surface area (TPSA) is 73.6 Å². The third-order valence-electron chi connectivity index (χ3n) is 3.60. The van der Waals surface area contributed by atoms with E-state index in [-0.39, 0.29) is 5.91 Å². The standard InChI is InChI=1S/C19H18N2O4/c1-3-24-17-7-5-4-6-16(17)21-19(22)15-12-20-25-18(15)13-8-10-14(23-2)11-9-13/h4-12H,3H2,1-2H3,(H,21,22). The first kappa shape index (κ1) is 16.6. The van der Waals surface area contributed by atoms with Crippen LogP contribution in [-0.4, -0.2) is 24.8 Å². The number of nitrogens with zero attached hydrogens (tertiary/aromatic N) is 1. The minimum absolute atomic E-state index is 0.320. The first-order chi connectivity index (χ1) is 12.2. The molecule has 0 aliphatic heterocycles. The number of methoxy groups -OCH3 is 1. The Morgan fingerprint density at radius 3 is 2.64 bits per heavy atom. The van der Waals surface area contributed by atoms with Crippen LogP contribution in [-0.2, 0) is 0 Å². The van der Waals surface area contributed by atoms with E-state index in [1.54, 1.807) is 31.4 Å². The van der Waals surface area contributed by atoms with Crippen molar-refractivity contribution in [1.29, 1.82) is 0 Å². The highest BCUT2D eigenvalue weighted by atomic mass is 16.5. The third-order valence-corrected chi connectivity index (χ3v) is 3.60. The largest absolute Gasteiger partial charge is 0.497 e. The van der Waals surface area contributed by atoms with Gasteiger partial charge in [-0.25, -0.2) is 0 Å². The van der Waals surface area contributed by atoms with Gasteiger partial charge in [0.15, 0.2) is 5.76 Å². The lowest BCUT2D eigenvalue weighted by molar-refractivity contribution is 0.102. The molecule has 0 unspecified atom stereocenters. The van der Waals surface area contributed by atoms with Crippen molar-refractivity contribution in [2.75, 3.05) is 19.0 Å². The van der Waals surface area contributed by atoms with Crippen LogP contribution in [0.25, 0.3) is 11.3 Å². The number of hydrogen-bond donors (Lipinski definition) is 1. The van der Waals surface area contributed by atoms with Gasteiger partial charge in [0.2, 0.25) is 0 Å². The SMILES string of the molecule is CCOc1ccccc1NC(=O)c1cnoc1-c1ccc(OC)cc1. The van der Waals surface area contributed by atoms with Gasteiger partial charge in [-0.2, -0.15) is 0 Å². The molecule has 0 saturated heterocycles. The molecule has 1 aromatic heterocycles. The number of hydrogen-bond acceptors (Lipinski definition) is 5. The molecular formula is C19H18N2O4. The second-order valence-corrected chi connectivity index (χ2v) is 5.18. The highest BCUT2D eigenvalue weighted by molar-refractivity contribution is 6.08. The van der Waals surface area contributed by atoms with Crippen LogP contribution >= 0.6 is 0 Å². The second kappa shape index (κ2) is 7.53. The fraction of sp³-hybridized carbons (Fsp3) is 0.158. The Labute approximate surface area is 145 Å². The predicted molar refractivity (Wildman–Crippen MR) is 94.1 cm³/mol. The average molecular weight is 338 g/mol. The van der Waals surface area contributed by atoms with E-state index >= 15 is 0 Å². The summed E-state index contributed by atoms with van der Waals surface area (Å²) in [4.78, 5) is 12.7. The van der Waals surface area contributed by atoms with E-state index in [0.717, 1.165) is 11.3 Å². The smallest absolute Gasteiger partial charge is 0.261 e. The van der Waals surface area contributed by atoms with Crippen molar-refractivity contribution >= 4 is 11.6 Å². The summed E-state index contributed by atoms with van der Waals surface area (Å²) in [5.74, 6) is 1.41. The van der Waals surface area contributed by atoms with Crippen molar-refractivity contribution in [3.63, 3.8) is 0 Å². The number of rotatable bonds is 6. The van der Waals surface area contributed by atoms with E-state index in [4.69, 9.17) is 14.0 Å². The molecule has 0 radical (unpaired) electrons. The Hall–Kier alpha value is -3.28. The molecule has 0 saturated carbocycles. The lowest BCUT2D eigenvalue weighted by Gasteiger charge is -2.11. The predicted octanol–water partition coefficient (Wildman–Crippen LogP) is 4.00. The summed E-state index contributed by atoms with van der Waals surface area (Å²) in [6, 6.07) is 14.5. The molecule has 6 nitrogen and oxygen atoms in total. The molecule has 0 fully saturated rings. The van der Waals surface area contributed by atoms with E-state index in [9.17, 15) is 4.79 Å². The summed E-state index contributed by atoms with van der Waals surface area (Å²) in [5, 5.41) is 6.61. The van der Waals surface area contributed by atoms with Crippen LogP contribution in [0.4, 0.5) is 5.69 Å². The van der Waals surface area contributed by atoms with Crippen molar-refractivity contribution in [2.45, 2.75) is 6.92 Å². The van der Waals surface area contributed by atoms with Gasteiger partial charge in [0.1, 0.15) is 17.1 Å². The molecule has 0 atom stereocenters. The second-order valence-electron chi connectivity index (χ2n) is 5.18. The molecule has 1 heterocycles. The molecule has 1 amide bonds. The molecule has 3 rings (SSSR count). The van der Waals surface area contributed by atoms with Crippen LogP contribution < -0.4 is 14.8 Å². The van der Waals surface area contributed by atoms with Crippen LogP contribution in [0, 0.1) is 0 Å². The van der Waals surface area contributed by atoms with Gasteiger partial charge >= 0.3 is 0 Å². The number of anilines is 1. The maximum Gasteiger partial charge on any atom is 0.261 e. The Balaban J connectivity index is 1.85. The minimum atomic E-state index is -0.320. The summed E-state index contributed by atoms with van der Waals surface area (Å²) in [7, 11) is 1.60. The van der Waals surface area contributed by atoms with E-state index in [0.29, 0.717) is 29.4 Å². The summed E-state index contributed by atoms with van der Waals surface area (Å²) < 4.78 is 15.9. The van der Waals surface area contributed by atoms with Gasteiger partial charge in [-0.15, -0.1) is 0 Å². The molecule has 0 aliphatic carbocycles. The lowest BCUT2D eigenvalue weighted by Crippen LogP contribution is -2.13. The average Bonchev–Trinajstić information content (AvgIpc) is 3.13. The van der Waals surface area contributed by atoms with E-state index in [1.807, 2.05) is 31.2 Å². The highest BCUT2D eigenvalue weighted by Gasteiger charge is 2.19. The van der Waals surface area contributed by atoms with Crippen molar-refractivity contribution < 1.29 is 18.8 Å². The van der Waals surface area contributed by atoms with Gasteiger partial charge in [0, 0.05) is 5.56 Å². The Morgan fingerprint density at radius 2 is 1.92 bits per heavy atom. The summed E-state index contributed by atoms with van der Waals surface area (Å²) in [6.07, 6.45) is 1.40. The number of para-hydroxylation sites is 2. The molecule has 6 heteroatoms. The van der Waals surface area contributed by atoms with Gasteiger partial charge in [-0.05, 0) is 43.3 Å². The van der Waals surface area contributed by atoms with E-state index in [1.165, 1.54) is 6.20 Å². The number of ether oxygens (including phenoxy) is 2. The maximum atomic E-state index is 12.7. The summed E-state index contributed by atoms with van der Waals surface area (Å²) >= 11 is 0. The van der Waals surface area contributed by atoms with Crippen LogP contribution in [0.3, 0.4) is 0 Å². The molecule has 25 heavy (non-hydrogen) atoms. The van der Waals surface area contributed by atoms with Crippen LogP contribution in [0.15, 0.2) is 59.3 Å². The van der Waals surface area contributed by atoms with Crippen LogP contribution in [0.5, 0.6) is 11.5 Å². The zero-order valence-electron chi connectivity index (χ0n) is 14.0. The Morgan fingerprint density at radius 1 is 1.16 bits per heavy atom. The van der Waals surface area contributed by atoms with Crippen molar-refractivity contribution in [1.82, 2.24) is 5.16 Å². The quantitative estimate of drug-likeness (QED) is 0.735. The first-order valence-corrected chi connectivity index (χ1v) is 7.85. The monoisotopic (exact) mass is 338 g/mol. The van der Waals surface area contributed by atoms with E-state index in [2.05, 4.69) is 10.5 Å². The molecular weight excluding hydrogens is 320 g/mol. The van der Waals surface area contributed by atoms with Gasteiger partial charge in [0.05, 0.1) is 25.6 Å². The third kappa shape index (κ3) is 3.63. The van der Waals surface area contributed by atoms with Crippen LogP contribution in [0.1, 0.15) is 17.3 Å². The highest BCUT2D eigenvalue weighted by Crippen LogP contribution is 2.28. The summed E-state index contributed by atoms with van der Waals surface area (Å²) in [6.45, 7) is 2.40. The number of benzene rings is 2. The first-order valence-electron chi connectivity index (χ1n) is 7.85. The van der Waals surface area contributed by atoms with Gasteiger partial charge in [0.25, 0.3) is 5.91 Å². The lowest BCUT2D eigenvalue weighted by atomic mass is 10.1. The Kier molecular flexibility index (Phi) is 4.99. The van der Waals surface area contributed by atoms with Crippen molar-refractivity contribution in [3.8, 4) is 22.8 Å². The fourth-order valence-corrected chi connectivity index (χ4v) is 2.39. The minimum Gasteiger partial charge on any atom is -0.497 e. The number of aromatic nitrogens is 1. The van der Waals surface area contributed by atoms with Crippen molar-refractivity contribution in [3.05, 3.63) is 60.3 Å². The van der Waals surface area contributed by atoms with Crippen LogP contribution in [0.2, 0.25) is 0 Å². The van der Waals surface area contributed by atoms with Gasteiger partial charge in [-0.1, -0.05) is 17.3 Å². The molecule has 128 valence electrons. The van der Waals surface area contributed by atoms with Gasteiger partial charge < -0.3 is 19.3 Å². The Bertz CT molecular complexity index is 856. The molecule has 0 spiro atoms.